The van der Waals surface area contributed by atoms with Gasteiger partial charge in [0.1, 0.15) is 0 Å². The van der Waals surface area contributed by atoms with Gasteiger partial charge in [-0.25, -0.2) is 0 Å². The summed E-state index contributed by atoms with van der Waals surface area (Å²) in [5.74, 6) is -1.85. The lowest BCUT2D eigenvalue weighted by Crippen LogP contribution is -2.37. The molecule has 0 heterocycles. The van der Waals surface area contributed by atoms with Crippen LogP contribution < -0.4 is 10.6 Å². The van der Waals surface area contributed by atoms with Crippen molar-refractivity contribution >= 4 is 11.8 Å². The van der Waals surface area contributed by atoms with E-state index >= 15 is 0 Å². The van der Waals surface area contributed by atoms with Crippen LogP contribution in [-0.2, 0) is 23.6 Å². The number of rotatable bonds is 6. The summed E-state index contributed by atoms with van der Waals surface area (Å²) in [4.78, 5) is 23.7. The van der Waals surface area contributed by atoms with Crippen molar-refractivity contribution in [3.05, 3.63) is 70.8 Å². The van der Waals surface area contributed by atoms with Gasteiger partial charge in [-0.2, -0.15) is 26.3 Å². The summed E-state index contributed by atoms with van der Waals surface area (Å²) in [6, 6.07) is 9.70. The quantitative estimate of drug-likeness (QED) is 0.701. The Kier molecular flexibility index (Phi) is 6.89. The minimum Gasteiger partial charge on any atom is -0.354 e. The van der Waals surface area contributed by atoms with Crippen LogP contribution in [0.1, 0.15) is 27.0 Å². The molecule has 2 N–H and O–H groups in total. The van der Waals surface area contributed by atoms with E-state index in [0.717, 1.165) is 5.56 Å². The number of amides is 2. The molecule has 2 aromatic rings. The zero-order chi connectivity index (χ0) is 21.7. The smallest absolute Gasteiger partial charge is 0.354 e. The molecule has 0 bridgehead atoms. The summed E-state index contributed by atoms with van der Waals surface area (Å²) in [7, 11) is 0. The highest BCUT2D eigenvalue weighted by atomic mass is 19.4. The van der Waals surface area contributed by atoms with E-state index in [0.29, 0.717) is 18.6 Å². The number of benzene rings is 2. The third kappa shape index (κ3) is 6.81. The third-order valence-electron chi connectivity index (χ3n) is 3.84. The lowest BCUT2D eigenvalue weighted by atomic mass is 10.0. The first-order chi connectivity index (χ1) is 13.5. The first kappa shape index (κ1) is 22.3. The van der Waals surface area contributed by atoms with E-state index in [1.807, 2.05) is 35.6 Å². The fourth-order valence-corrected chi connectivity index (χ4v) is 2.40. The molecule has 0 atom stereocenters. The molecule has 0 aliphatic heterocycles. The molecule has 2 aromatic carbocycles. The van der Waals surface area contributed by atoms with Crippen LogP contribution in [0.5, 0.6) is 0 Å². The zero-order valence-corrected chi connectivity index (χ0v) is 14.8. The Bertz CT molecular complexity index is 831. The number of nitrogens with one attached hydrogen (secondary N) is 2. The predicted molar refractivity (Wildman–Crippen MR) is 91.9 cm³/mol. The molecule has 0 unspecified atom stereocenters. The normalized spacial score (nSPS) is 11.8. The minimum atomic E-state index is -5.06. The molecule has 0 radical (unpaired) electrons. The Hall–Kier alpha value is -3.04. The Morgan fingerprint density at radius 1 is 0.793 bits per heavy atom. The van der Waals surface area contributed by atoms with Crippen molar-refractivity contribution in [1.29, 1.82) is 0 Å². The van der Waals surface area contributed by atoms with E-state index in [1.54, 1.807) is 0 Å². The Morgan fingerprint density at radius 3 is 1.86 bits per heavy atom. The van der Waals surface area contributed by atoms with E-state index in [9.17, 15) is 35.9 Å². The Morgan fingerprint density at radius 2 is 1.34 bits per heavy atom. The van der Waals surface area contributed by atoms with Gasteiger partial charge in [0.2, 0.25) is 5.91 Å². The average molecular weight is 418 g/mol. The van der Waals surface area contributed by atoms with Gasteiger partial charge in [0.25, 0.3) is 5.91 Å². The molecule has 2 rings (SSSR count). The van der Waals surface area contributed by atoms with Crippen molar-refractivity contribution in [2.75, 3.05) is 13.1 Å². The predicted octanol–water partition coefficient (Wildman–Crippen LogP) is 3.81. The van der Waals surface area contributed by atoms with E-state index in [4.69, 9.17) is 0 Å². The highest BCUT2D eigenvalue weighted by Gasteiger charge is 2.37. The number of hydrogen-bond donors (Lipinski definition) is 2. The number of carbonyl (C=O) groups is 2. The van der Waals surface area contributed by atoms with Crippen LogP contribution in [0.4, 0.5) is 26.3 Å². The molecule has 0 spiro atoms. The van der Waals surface area contributed by atoms with Crippen molar-refractivity contribution in [3.63, 3.8) is 0 Å². The number of halogens is 6. The van der Waals surface area contributed by atoms with Crippen LogP contribution in [-0.4, -0.2) is 24.9 Å². The summed E-state index contributed by atoms with van der Waals surface area (Å²) in [5.41, 5.74) is -3.10. The summed E-state index contributed by atoms with van der Waals surface area (Å²) in [6.45, 7) is -0.342. The molecular weight excluding hydrogens is 402 g/mol. The summed E-state index contributed by atoms with van der Waals surface area (Å²) in [6.07, 6.45) is -9.61. The first-order valence-corrected chi connectivity index (χ1v) is 8.35. The fraction of sp³-hybridized carbons (Fsp3) is 0.263. The fourth-order valence-electron chi connectivity index (χ4n) is 2.40. The van der Waals surface area contributed by atoms with Gasteiger partial charge in [-0.3, -0.25) is 9.59 Å². The van der Waals surface area contributed by atoms with Crippen molar-refractivity contribution in [3.8, 4) is 0 Å². The molecule has 4 nitrogen and oxygen atoms in total. The Balaban J connectivity index is 1.98. The molecule has 0 saturated carbocycles. The molecule has 0 aliphatic carbocycles. The van der Waals surface area contributed by atoms with E-state index in [2.05, 4.69) is 5.32 Å². The average Bonchev–Trinajstić information content (AvgIpc) is 2.65. The highest BCUT2D eigenvalue weighted by molar-refractivity contribution is 5.96. The molecule has 0 aromatic heterocycles. The second kappa shape index (κ2) is 8.97. The number of carbonyl (C=O) groups excluding carboxylic acids is 2. The van der Waals surface area contributed by atoms with Crippen molar-refractivity contribution in [2.45, 2.75) is 18.8 Å². The van der Waals surface area contributed by atoms with Gasteiger partial charge >= 0.3 is 12.4 Å². The van der Waals surface area contributed by atoms with E-state index in [-0.39, 0.29) is 12.6 Å². The molecule has 10 heteroatoms. The number of hydrogen-bond acceptors (Lipinski definition) is 2. The van der Waals surface area contributed by atoms with Gasteiger partial charge in [0.15, 0.2) is 0 Å². The van der Waals surface area contributed by atoms with Gasteiger partial charge < -0.3 is 10.6 Å². The van der Waals surface area contributed by atoms with Crippen LogP contribution in [0.3, 0.4) is 0 Å². The third-order valence-corrected chi connectivity index (χ3v) is 3.84. The maximum atomic E-state index is 12.8. The second-order valence-corrected chi connectivity index (χ2v) is 6.06. The SMILES string of the molecule is O=C(CNC(=O)c1cc(C(F)(F)F)cc(C(F)(F)F)c1)NCCc1ccccc1. The molecule has 0 saturated heterocycles. The highest BCUT2D eigenvalue weighted by Crippen LogP contribution is 2.36. The van der Waals surface area contributed by atoms with Gasteiger partial charge in [-0.1, -0.05) is 30.3 Å². The van der Waals surface area contributed by atoms with E-state index < -0.39 is 47.4 Å². The van der Waals surface area contributed by atoms with Crippen molar-refractivity contribution in [2.24, 2.45) is 0 Å². The summed E-state index contributed by atoms with van der Waals surface area (Å²) < 4.78 is 77.0. The van der Waals surface area contributed by atoms with Crippen molar-refractivity contribution in [1.82, 2.24) is 10.6 Å². The Labute approximate surface area is 161 Å². The lowest BCUT2D eigenvalue weighted by molar-refractivity contribution is -0.143. The first-order valence-electron chi connectivity index (χ1n) is 8.35. The van der Waals surface area contributed by atoms with Crippen LogP contribution >= 0.6 is 0 Å². The zero-order valence-electron chi connectivity index (χ0n) is 14.8. The molecule has 2 amide bonds. The summed E-state index contributed by atoms with van der Waals surface area (Å²) >= 11 is 0. The van der Waals surface area contributed by atoms with Crippen LogP contribution in [0.2, 0.25) is 0 Å². The molecule has 0 aliphatic rings. The van der Waals surface area contributed by atoms with Crippen LogP contribution in [0, 0.1) is 0 Å². The van der Waals surface area contributed by atoms with E-state index in [1.165, 1.54) is 0 Å². The monoisotopic (exact) mass is 418 g/mol. The molecule has 29 heavy (non-hydrogen) atoms. The maximum absolute atomic E-state index is 12.8. The largest absolute Gasteiger partial charge is 0.416 e. The standard InChI is InChI=1S/C19H16F6N2O2/c20-18(21,22)14-8-13(9-15(10-14)19(23,24)25)17(29)27-11-16(28)26-7-6-12-4-2-1-3-5-12/h1-5,8-10H,6-7,11H2,(H,26,28)(H,27,29). The topological polar surface area (TPSA) is 58.2 Å². The van der Waals surface area contributed by atoms with Crippen LogP contribution in [0.15, 0.2) is 48.5 Å². The van der Waals surface area contributed by atoms with Gasteiger partial charge in [-0.15, -0.1) is 0 Å². The van der Waals surface area contributed by atoms with Gasteiger partial charge in [0.05, 0.1) is 17.7 Å². The summed E-state index contributed by atoms with van der Waals surface area (Å²) in [5, 5.41) is 4.51. The van der Waals surface area contributed by atoms with Gasteiger partial charge in [-0.05, 0) is 30.2 Å². The van der Waals surface area contributed by atoms with Crippen LogP contribution in [0.25, 0.3) is 0 Å². The lowest BCUT2D eigenvalue weighted by Gasteiger charge is -2.14. The van der Waals surface area contributed by atoms with Gasteiger partial charge in [0, 0.05) is 12.1 Å². The number of alkyl halides is 6. The molecule has 156 valence electrons. The van der Waals surface area contributed by atoms with Crippen molar-refractivity contribution < 1.29 is 35.9 Å². The second-order valence-electron chi connectivity index (χ2n) is 6.06. The minimum absolute atomic E-state index is 0.0763. The molecule has 0 fully saturated rings. The maximum Gasteiger partial charge on any atom is 0.416 e. The molecular formula is C19H16F6N2O2.